The van der Waals surface area contributed by atoms with Gasteiger partial charge in [-0.15, -0.1) is 0 Å². The van der Waals surface area contributed by atoms with Gasteiger partial charge in [0.2, 0.25) is 6.79 Å². The van der Waals surface area contributed by atoms with Gasteiger partial charge in [0.25, 0.3) is 11.9 Å². The van der Waals surface area contributed by atoms with Gasteiger partial charge in [0.15, 0.2) is 11.5 Å². The van der Waals surface area contributed by atoms with Crippen LogP contribution in [-0.2, 0) is 14.2 Å². The first-order valence-electron chi connectivity index (χ1n) is 8.84. The number of hydrogen-bond donors (Lipinski definition) is 1. The SMILES string of the molecule is CCOCCOC(=NC[C@H]1CCCO1)NC(=O)c1ccc2c(c1)OCO2. The summed E-state index contributed by atoms with van der Waals surface area (Å²) in [7, 11) is 0. The molecule has 0 spiro atoms. The van der Waals surface area contributed by atoms with Crippen LogP contribution in [0.5, 0.6) is 11.5 Å². The molecule has 1 aromatic carbocycles. The van der Waals surface area contributed by atoms with Crippen molar-refractivity contribution in [2.24, 2.45) is 4.99 Å². The van der Waals surface area contributed by atoms with Gasteiger partial charge >= 0.3 is 0 Å². The van der Waals surface area contributed by atoms with Gasteiger partial charge in [-0.25, -0.2) is 4.99 Å². The number of amidine groups is 1. The van der Waals surface area contributed by atoms with Gasteiger partial charge in [-0.1, -0.05) is 0 Å². The molecule has 0 aromatic heterocycles. The van der Waals surface area contributed by atoms with E-state index in [0.29, 0.717) is 43.4 Å². The molecule has 2 aliphatic rings. The lowest BCUT2D eigenvalue weighted by Gasteiger charge is -2.12. The lowest BCUT2D eigenvalue weighted by molar-refractivity contribution is 0.0913. The van der Waals surface area contributed by atoms with Gasteiger partial charge in [-0.3, -0.25) is 10.1 Å². The highest BCUT2D eigenvalue weighted by atomic mass is 16.7. The standard InChI is InChI=1S/C18H24N2O6/c1-2-22-8-9-24-18(19-11-14-4-3-7-23-14)20-17(21)13-5-6-15-16(10-13)26-12-25-15/h5-6,10,14H,2-4,7-9,11-12H2,1H3,(H,19,20,21)/t14-/m1/s1. The van der Waals surface area contributed by atoms with Crippen LogP contribution in [-0.4, -0.2) is 57.8 Å². The first-order chi connectivity index (χ1) is 12.8. The van der Waals surface area contributed by atoms with Gasteiger partial charge < -0.3 is 23.7 Å². The predicted molar refractivity (Wildman–Crippen MR) is 93.8 cm³/mol. The molecule has 8 nitrogen and oxygen atoms in total. The monoisotopic (exact) mass is 364 g/mol. The third-order valence-electron chi connectivity index (χ3n) is 3.99. The van der Waals surface area contributed by atoms with E-state index < -0.39 is 0 Å². The maximum absolute atomic E-state index is 12.5. The molecule has 1 fully saturated rings. The zero-order chi connectivity index (χ0) is 18.2. The zero-order valence-corrected chi connectivity index (χ0v) is 14.9. The average Bonchev–Trinajstić information content (AvgIpc) is 3.33. The van der Waals surface area contributed by atoms with E-state index in [0.717, 1.165) is 19.4 Å². The maximum Gasteiger partial charge on any atom is 0.291 e. The molecule has 0 aliphatic carbocycles. The van der Waals surface area contributed by atoms with Crippen molar-refractivity contribution in [3.63, 3.8) is 0 Å². The number of rotatable bonds is 7. The van der Waals surface area contributed by atoms with Gasteiger partial charge in [0, 0.05) is 18.8 Å². The fraction of sp³-hybridized carbons (Fsp3) is 0.556. The molecule has 142 valence electrons. The van der Waals surface area contributed by atoms with Gasteiger partial charge in [0.05, 0.1) is 19.3 Å². The summed E-state index contributed by atoms with van der Waals surface area (Å²) in [4.78, 5) is 16.9. The van der Waals surface area contributed by atoms with E-state index in [2.05, 4.69) is 10.3 Å². The van der Waals surface area contributed by atoms with E-state index in [-0.39, 0.29) is 24.8 Å². The number of carbonyl (C=O) groups excluding carboxylic acids is 1. The largest absolute Gasteiger partial charge is 0.463 e. The van der Waals surface area contributed by atoms with Crippen LogP contribution in [0.1, 0.15) is 30.1 Å². The fourth-order valence-electron chi connectivity index (χ4n) is 2.64. The quantitative estimate of drug-likeness (QED) is 0.450. The lowest BCUT2D eigenvalue weighted by Crippen LogP contribution is -2.34. The van der Waals surface area contributed by atoms with E-state index >= 15 is 0 Å². The number of ether oxygens (including phenoxy) is 5. The Kier molecular flexibility index (Phi) is 6.68. The number of fused-ring (bicyclic) bond motifs is 1. The van der Waals surface area contributed by atoms with Crippen LogP contribution >= 0.6 is 0 Å². The highest BCUT2D eigenvalue weighted by Gasteiger charge is 2.19. The Hall–Kier alpha value is -2.32. The third-order valence-corrected chi connectivity index (χ3v) is 3.99. The molecule has 1 N–H and O–H groups in total. The molecular weight excluding hydrogens is 340 g/mol. The van der Waals surface area contributed by atoms with Crippen LogP contribution in [0.4, 0.5) is 0 Å². The fourth-order valence-corrected chi connectivity index (χ4v) is 2.64. The molecule has 2 aliphatic heterocycles. The average molecular weight is 364 g/mol. The van der Waals surface area contributed by atoms with Crippen molar-refractivity contribution in [3.05, 3.63) is 23.8 Å². The van der Waals surface area contributed by atoms with Crippen LogP contribution in [0.3, 0.4) is 0 Å². The maximum atomic E-state index is 12.5. The molecule has 1 atom stereocenters. The molecule has 0 bridgehead atoms. The second-order valence-corrected chi connectivity index (χ2v) is 5.85. The van der Waals surface area contributed by atoms with Crippen LogP contribution in [0, 0.1) is 0 Å². The van der Waals surface area contributed by atoms with Crippen LogP contribution in [0.2, 0.25) is 0 Å². The number of nitrogens with zero attached hydrogens (tertiary/aromatic N) is 1. The Morgan fingerprint density at radius 1 is 1.31 bits per heavy atom. The van der Waals surface area contributed by atoms with Gasteiger partial charge in [0.1, 0.15) is 6.61 Å². The zero-order valence-electron chi connectivity index (χ0n) is 14.9. The highest BCUT2D eigenvalue weighted by molar-refractivity contribution is 6.04. The Morgan fingerprint density at radius 2 is 2.19 bits per heavy atom. The Morgan fingerprint density at radius 3 is 3.00 bits per heavy atom. The summed E-state index contributed by atoms with van der Waals surface area (Å²) in [6, 6.07) is 5.18. The molecule has 1 saturated heterocycles. The molecule has 26 heavy (non-hydrogen) atoms. The summed E-state index contributed by atoms with van der Waals surface area (Å²) < 4.78 is 26.9. The number of hydrogen-bond acceptors (Lipinski definition) is 7. The van der Waals surface area contributed by atoms with E-state index in [1.165, 1.54) is 0 Å². The van der Waals surface area contributed by atoms with Crippen LogP contribution in [0.15, 0.2) is 23.2 Å². The highest BCUT2D eigenvalue weighted by Crippen LogP contribution is 2.32. The van der Waals surface area contributed by atoms with Crippen molar-refractivity contribution < 1.29 is 28.5 Å². The van der Waals surface area contributed by atoms with E-state index in [1.807, 2.05) is 6.92 Å². The van der Waals surface area contributed by atoms with Gasteiger partial charge in [-0.2, -0.15) is 0 Å². The number of nitrogens with one attached hydrogen (secondary N) is 1. The minimum atomic E-state index is -0.328. The molecule has 8 heteroatoms. The van der Waals surface area contributed by atoms with Gasteiger partial charge in [-0.05, 0) is 38.0 Å². The molecule has 1 aromatic rings. The van der Waals surface area contributed by atoms with E-state index in [9.17, 15) is 4.79 Å². The minimum Gasteiger partial charge on any atom is -0.463 e. The van der Waals surface area contributed by atoms with Crippen molar-refractivity contribution >= 4 is 11.9 Å². The van der Waals surface area contributed by atoms with Crippen molar-refractivity contribution in [2.45, 2.75) is 25.9 Å². The number of amides is 1. The smallest absolute Gasteiger partial charge is 0.291 e. The van der Waals surface area contributed by atoms with Crippen molar-refractivity contribution in [2.75, 3.05) is 39.8 Å². The summed E-state index contributed by atoms with van der Waals surface area (Å²) in [5.74, 6) is 0.848. The van der Waals surface area contributed by atoms with E-state index in [1.54, 1.807) is 18.2 Å². The number of aliphatic imine (C=N–C) groups is 1. The Bertz CT molecular complexity index is 643. The molecular formula is C18H24N2O6. The predicted octanol–water partition coefficient (Wildman–Crippen LogP) is 1.73. The first-order valence-corrected chi connectivity index (χ1v) is 8.84. The summed E-state index contributed by atoms with van der Waals surface area (Å²) in [5.41, 5.74) is 0.437. The summed E-state index contributed by atoms with van der Waals surface area (Å²) >= 11 is 0. The van der Waals surface area contributed by atoms with Crippen molar-refractivity contribution in [1.29, 1.82) is 0 Å². The molecule has 1 amide bonds. The first kappa shape index (κ1) is 18.5. The molecule has 0 radical (unpaired) electrons. The second-order valence-electron chi connectivity index (χ2n) is 5.85. The number of benzene rings is 1. The Labute approximate surface area is 152 Å². The summed E-state index contributed by atoms with van der Waals surface area (Å²) in [6.07, 6.45) is 2.07. The molecule has 3 rings (SSSR count). The molecule has 0 saturated carbocycles. The van der Waals surface area contributed by atoms with Crippen molar-refractivity contribution in [1.82, 2.24) is 5.32 Å². The third kappa shape index (κ3) is 5.09. The molecule has 0 unspecified atom stereocenters. The van der Waals surface area contributed by atoms with Crippen LogP contribution in [0.25, 0.3) is 0 Å². The lowest BCUT2D eigenvalue weighted by atomic mass is 10.2. The normalized spacial score (nSPS) is 18.8. The minimum absolute atomic E-state index is 0.0722. The topological polar surface area (TPSA) is 87.6 Å². The summed E-state index contributed by atoms with van der Waals surface area (Å²) in [5, 5.41) is 2.71. The van der Waals surface area contributed by atoms with Crippen LogP contribution < -0.4 is 14.8 Å². The summed E-state index contributed by atoms with van der Waals surface area (Å²) in [6.45, 7) is 4.61. The second kappa shape index (κ2) is 9.40. The van der Waals surface area contributed by atoms with E-state index in [4.69, 9.17) is 23.7 Å². The molecule has 2 heterocycles. The number of carbonyl (C=O) groups is 1. The van der Waals surface area contributed by atoms with Crippen molar-refractivity contribution in [3.8, 4) is 11.5 Å². The Balaban J connectivity index is 1.61.